The maximum Gasteiger partial charge on any atom is 0.0690 e. The molecule has 0 amide bonds. The van der Waals surface area contributed by atoms with Crippen molar-refractivity contribution >= 4 is 23.2 Å². The fourth-order valence-electron chi connectivity index (χ4n) is 1.34. The van der Waals surface area contributed by atoms with E-state index in [9.17, 15) is 5.11 Å². The van der Waals surface area contributed by atoms with Gasteiger partial charge in [-0.25, -0.2) is 0 Å². The van der Waals surface area contributed by atoms with Crippen LogP contribution in [-0.4, -0.2) is 10.7 Å². The highest BCUT2D eigenvalue weighted by Gasteiger charge is 2.40. The molecule has 0 bridgehead atoms. The van der Waals surface area contributed by atoms with Crippen LogP contribution < -0.4 is 0 Å². The molecule has 2 rings (SSSR count). The zero-order valence-electron chi connectivity index (χ0n) is 7.06. The van der Waals surface area contributed by atoms with Gasteiger partial charge in [-0.3, -0.25) is 0 Å². The first kappa shape index (κ1) is 9.32. The Morgan fingerprint density at radius 3 is 2.54 bits per heavy atom. The number of halogens is 2. The topological polar surface area (TPSA) is 20.2 Å². The minimum Gasteiger partial charge on any atom is -0.390 e. The summed E-state index contributed by atoms with van der Waals surface area (Å²) in [5.74, 6) is 0. The predicted molar refractivity (Wildman–Crippen MR) is 54.3 cm³/mol. The van der Waals surface area contributed by atoms with Crippen molar-refractivity contribution in [3.63, 3.8) is 0 Å². The minimum atomic E-state index is -0.489. The van der Waals surface area contributed by atoms with Gasteiger partial charge in [-0.2, -0.15) is 0 Å². The van der Waals surface area contributed by atoms with Crippen LogP contribution in [0.2, 0.25) is 10.0 Å². The van der Waals surface area contributed by atoms with E-state index in [4.69, 9.17) is 23.2 Å². The molecule has 0 spiro atoms. The Balaban J connectivity index is 2.20. The van der Waals surface area contributed by atoms with Gasteiger partial charge in [0.15, 0.2) is 0 Å². The van der Waals surface area contributed by atoms with Gasteiger partial charge in [0.1, 0.15) is 0 Å². The van der Waals surface area contributed by atoms with Crippen molar-refractivity contribution in [3.8, 4) is 0 Å². The van der Waals surface area contributed by atoms with E-state index >= 15 is 0 Å². The van der Waals surface area contributed by atoms with Crippen LogP contribution in [0.1, 0.15) is 18.4 Å². The number of hydrogen-bond acceptors (Lipinski definition) is 1. The number of rotatable bonds is 2. The molecule has 3 heteroatoms. The first-order valence-corrected chi connectivity index (χ1v) is 5.01. The molecule has 1 fully saturated rings. The number of benzene rings is 1. The highest BCUT2D eigenvalue weighted by Crippen LogP contribution is 2.39. The summed E-state index contributed by atoms with van der Waals surface area (Å²) in [6.07, 6.45) is 2.40. The second kappa shape index (κ2) is 3.16. The third-order valence-electron chi connectivity index (χ3n) is 2.36. The highest BCUT2D eigenvalue weighted by atomic mass is 35.5. The van der Waals surface area contributed by atoms with Gasteiger partial charge in [0.2, 0.25) is 0 Å². The Kier molecular flexibility index (Phi) is 2.26. The van der Waals surface area contributed by atoms with Crippen LogP contribution in [0.15, 0.2) is 18.2 Å². The smallest absolute Gasteiger partial charge is 0.0690 e. The van der Waals surface area contributed by atoms with Crippen molar-refractivity contribution in [2.45, 2.75) is 24.9 Å². The molecule has 13 heavy (non-hydrogen) atoms. The molecular formula is C10H10Cl2O. The van der Waals surface area contributed by atoms with Gasteiger partial charge in [-0.1, -0.05) is 29.3 Å². The minimum absolute atomic E-state index is 0.489. The quantitative estimate of drug-likeness (QED) is 0.807. The molecule has 0 saturated heterocycles. The summed E-state index contributed by atoms with van der Waals surface area (Å²) in [6.45, 7) is 0. The average molecular weight is 217 g/mol. The molecule has 1 saturated carbocycles. The summed E-state index contributed by atoms with van der Waals surface area (Å²) >= 11 is 11.7. The fourth-order valence-corrected chi connectivity index (χ4v) is 1.82. The Morgan fingerprint density at radius 2 is 2.00 bits per heavy atom. The molecule has 0 heterocycles. The second-order valence-electron chi connectivity index (χ2n) is 3.64. The SMILES string of the molecule is OC1(Cc2ccc(Cl)cc2Cl)CC1. The lowest BCUT2D eigenvalue weighted by Crippen LogP contribution is -2.10. The Morgan fingerprint density at radius 1 is 1.31 bits per heavy atom. The zero-order chi connectivity index (χ0) is 9.47. The molecule has 1 aliphatic carbocycles. The van der Waals surface area contributed by atoms with E-state index in [-0.39, 0.29) is 0 Å². The van der Waals surface area contributed by atoms with Gasteiger partial charge in [0, 0.05) is 16.5 Å². The van der Waals surface area contributed by atoms with Gasteiger partial charge >= 0.3 is 0 Å². The zero-order valence-corrected chi connectivity index (χ0v) is 8.57. The molecule has 70 valence electrons. The Bertz CT molecular complexity index is 332. The van der Waals surface area contributed by atoms with Gasteiger partial charge in [-0.15, -0.1) is 0 Å². The van der Waals surface area contributed by atoms with E-state index in [2.05, 4.69) is 0 Å². The summed E-state index contributed by atoms with van der Waals surface area (Å²) in [7, 11) is 0. The normalized spacial score (nSPS) is 18.7. The molecule has 1 aromatic carbocycles. The third kappa shape index (κ3) is 2.16. The lowest BCUT2D eigenvalue weighted by atomic mass is 10.1. The molecular weight excluding hydrogens is 207 g/mol. The molecule has 0 atom stereocenters. The first-order valence-electron chi connectivity index (χ1n) is 4.25. The maximum atomic E-state index is 9.68. The van der Waals surface area contributed by atoms with E-state index < -0.39 is 5.60 Å². The lowest BCUT2D eigenvalue weighted by Gasteiger charge is -2.08. The van der Waals surface area contributed by atoms with Crippen molar-refractivity contribution in [1.29, 1.82) is 0 Å². The molecule has 0 aromatic heterocycles. The van der Waals surface area contributed by atoms with Crippen molar-refractivity contribution in [3.05, 3.63) is 33.8 Å². The van der Waals surface area contributed by atoms with Gasteiger partial charge in [-0.05, 0) is 30.5 Å². The molecule has 1 N–H and O–H groups in total. The van der Waals surface area contributed by atoms with Gasteiger partial charge in [0.25, 0.3) is 0 Å². The van der Waals surface area contributed by atoms with Crippen LogP contribution >= 0.6 is 23.2 Å². The van der Waals surface area contributed by atoms with Crippen LogP contribution in [0.3, 0.4) is 0 Å². The monoisotopic (exact) mass is 216 g/mol. The summed E-state index contributed by atoms with van der Waals surface area (Å²) in [6, 6.07) is 5.39. The average Bonchev–Trinajstić information content (AvgIpc) is 2.75. The lowest BCUT2D eigenvalue weighted by molar-refractivity contribution is 0.151. The largest absolute Gasteiger partial charge is 0.390 e. The van der Waals surface area contributed by atoms with Crippen LogP contribution in [0.5, 0.6) is 0 Å². The molecule has 1 aliphatic rings. The van der Waals surface area contributed by atoms with Crippen molar-refractivity contribution < 1.29 is 5.11 Å². The second-order valence-corrected chi connectivity index (χ2v) is 4.48. The van der Waals surface area contributed by atoms with Crippen molar-refractivity contribution in [2.75, 3.05) is 0 Å². The van der Waals surface area contributed by atoms with Crippen molar-refractivity contribution in [1.82, 2.24) is 0 Å². The van der Waals surface area contributed by atoms with Gasteiger partial charge < -0.3 is 5.11 Å². The number of aliphatic hydroxyl groups is 1. The summed E-state index contributed by atoms with van der Waals surface area (Å²) in [5, 5.41) is 11.0. The first-order chi connectivity index (χ1) is 6.09. The maximum absolute atomic E-state index is 9.68. The summed E-state index contributed by atoms with van der Waals surface area (Å²) in [5.41, 5.74) is 0.489. The van der Waals surface area contributed by atoms with Crippen LogP contribution in [0, 0.1) is 0 Å². The van der Waals surface area contributed by atoms with E-state index in [0.29, 0.717) is 16.5 Å². The molecule has 1 nitrogen and oxygen atoms in total. The van der Waals surface area contributed by atoms with E-state index in [1.54, 1.807) is 12.1 Å². The summed E-state index contributed by atoms with van der Waals surface area (Å²) < 4.78 is 0. The molecule has 0 unspecified atom stereocenters. The third-order valence-corrected chi connectivity index (χ3v) is 2.95. The predicted octanol–water partition coefficient (Wildman–Crippen LogP) is 3.06. The molecule has 0 radical (unpaired) electrons. The summed E-state index contributed by atoms with van der Waals surface area (Å²) in [4.78, 5) is 0. The Labute approximate surface area is 87.3 Å². The van der Waals surface area contributed by atoms with E-state index in [1.807, 2.05) is 6.07 Å². The highest BCUT2D eigenvalue weighted by molar-refractivity contribution is 6.35. The Hall–Kier alpha value is -0.240. The van der Waals surface area contributed by atoms with Gasteiger partial charge in [0.05, 0.1) is 5.60 Å². The van der Waals surface area contributed by atoms with Crippen molar-refractivity contribution in [2.24, 2.45) is 0 Å². The molecule has 1 aromatic rings. The van der Waals surface area contributed by atoms with Crippen LogP contribution in [0.4, 0.5) is 0 Å². The fraction of sp³-hybridized carbons (Fsp3) is 0.400. The number of hydrogen-bond donors (Lipinski definition) is 1. The van der Waals surface area contributed by atoms with Crippen LogP contribution in [-0.2, 0) is 6.42 Å². The van der Waals surface area contributed by atoms with E-state index in [1.165, 1.54) is 0 Å². The van der Waals surface area contributed by atoms with E-state index in [0.717, 1.165) is 18.4 Å². The standard InChI is InChI=1S/C10H10Cl2O/c11-8-2-1-7(9(12)5-8)6-10(13)3-4-10/h1-2,5,13H,3-4,6H2. The molecule has 0 aliphatic heterocycles. The van der Waals surface area contributed by atoms with Crippen LogP contribution in [0.25, 0.3) is 0 Å².